The second kappa shape index (κ2) is 9.80. The minimum absolute atomic E-state index is 0.786. The summed E-state index contributed by atoms with van der Waals surface area (Å²) in [5.41, 5.74) is 5.73. The molecule has 0 aliphatic carbocycles. The summed E-state index contributed by atoms with van der Waals surface area (Å²) in [6, 6.07) is 0.858. The first-order chi connectivity index (χ1) is 8.81. The third-order valence-electron chi connectivity index (χ3n) is 4.37. The van der Waals surface area contributed by atoms with E-state index in [4.69, 9.17) is 5.73 Å². The number of hydrogen-bond donors (Lipinski definition) is 1. The van der Waals surface area contributed by atoms with E-state index in [0.29, 0.717) is 0 Å². The van der Waals surface area contributed by atoms with Crippen LogP contribution in [0.1, 0.15) is 71.6 Å². The Morgan fingerprint density at radius 1 is 0.944 bits per heavy atom. The maximum atomic E-state index is 5.73. The molecule has 1 aliphatic heterocycles. The minimum atomic E-state index is 0.786. The van der Waals surface area contributed by atoms with E-state index in [1.807, 2.05) is 0 Å². The van der Waals surface area contributed by atoms with Crippen LogP contribution in [0.2, 0.25) is 0 Å². The lowest BCUT2D eigenvalue weighted by Crippen LogP contribution is -2.54. The highest BCUT2D eigenvalue weighted by atomic mass is 15.2. The normalized spacial score (nSPS) is 18.8. The Morgan fingerprint density at radius 2 is 1.50 bits per heavy atom. The molecule has 108 valence electrons. The first kappa shape index (κ1) is 16.0. The Bertz CT molecular complexity index is 188. The third-order valence-corrected chi connectivity index (χ3v) is 4.37. The number of nitrogens with zero attached hydrogens (tertiary/aromatic N) is 1. The largest absolute Gasteiger partial charge is 0.330 e. The minimum Gasteiger partial charge on any atom is -0.330 e. The molecule has 2 heteroatoms. The van der Waals surface area contributed by atoms with Crippen LogP contribution >= 0.6 is 0 Å². The van der Waals surface area contributed by atoms with E-state index in [1.165, 1.54) is 70.9 Å². The Labute approximate surface area is 114 Å². The summed E-state index contributed by atoms with van der Waals surface area (Å²) in [4.78, 5) is 2.69. The molecule has 1 rings (SSSR count). The van der Waals surface area contributed by atoms with E-state index in [0.717, 1.165) is 18.5 Å². The van der Waals surface area contributed by atoms with Crippen molar-refractivity contribution in [3.63, 3.8) is 0 Å². The zero-order chi connectivity index (χ0) is 13.2. The van der Waals surface area contributed by atoms with Crippen LogP contribution < -0.4 is 5.73 Å². The topological polar surface area (TPSA) is 29.3 Å². The molecular formula is C16H34N2. The summed E-state index contributed by atoms with van der Waals surface area (Å²) in [7, 11) is 0. The number of hydrogen-bond acceptors (Lipinski definition) is 2. The molecule has 1 heterocycles. The second-order valence-electron chi connectivity index (χ2n) is 6.05. The molecular weight excluding hydrogens is 220 g/mol. The van der Waals surface area contributed by atoms with Gasteiger partial charge in [-0.15, -0.1) is 0 Å². The molecule has 18 heavy (non-hydrogen) atoms. The number of rotatable bonds is 11. The molecule has 0 bridgehead atoms. The molecule has 0 spiro atoms. The maximum Gasteiger partial charge on any atom is 0.00955 e. The van der Waals surface area contributed by atoms with E-state index in [2.05, 4.69) is 18.7 Å². The fraction of sp³-hybridized carbons (Fsp3) is 1.00. The van der Waals surface area contributed by atoms with Crippen molar-refractivity contribution in [2.24, 2.45) is 11.7 Å². The van der Waals surface area contributed by atoms with E-state index in [1.54, 1.807) is 0 Å². The smallest absolute Gasteiger partial charge is 0.00955 e. The summed E-state index contributed by atoms with van der Waals surface area (Å²) in [6.07, 6.45) is 12.6. The van der Waals surface area contributed by atoms with Crippen molar-refractivity contribution in [1.29, 1.82) is 0 Å². The Kier molecular flexibility index (Phi) is 8.70. The zero-order valence-corrected chi connectivity index (χ0v) is 12.7. The fourth-order valence-corrected chi connectivity index (χ4v) is 3.00. The second-order valence-corrected chi connectivity index (χ2v) is 6.05. The SMILES string of the molecule is CCCCCCC(CCCCC)N1CC(CN)C1. The van der Waals surface area contributed by atoms with E-state index in [9.17, 15) is 0 Å². The molecule has 1 unspecified atom stereocenters. The Morgan fingerprint density at radius 3 is 2.06 bits per heavy atom. The average Bonchev–Trinajstić information content (AvgIpc) is 2.32. The molecule has 0 radical (unpaired) electrons. The van der Waals surface area contributed by atoms with Crippen molar-refractivity contribution in [1.82, 2.24) is 4.90 Å². The van der Waals surface area contributed by atoms with Gasteiger partial charge in [-0.1, -0.05) is 58.8 Å². The molecule has 0 aromatic carbocycles. The Balaban J connectivity index is 2.19. The monoisotopic (exact) mass is 254 g/mol. The Hall–Kier alpha value is -0.0800. The van der Waals surface area contributed by atoms with Gasteiger partial charge in [0.1, 0.15) is 0 Å². The molecule has 2 nitrogen and oxygen atoms in total. The van der Waals surface area contributed by atoms with Gasteiger partial charge in [-0.3, -0.25) is 4.90 Å². The average molecular weight is 254 g/mol. The lowest BCUT2D eigenvalue weighted by atomic mass is 9.92. The summed E-state index contributed by atoms with van der Waals surface area (Å²) < 4.78 is 0. The maximum absolute atomic E-state index is 5.73. The number of likely N-dealkylation sites (tertiary alicyclic amines) is 1. The first-order valence-electron chi connectivity index (χ1n) is 8.25. The summed E-state index contributed by atoms with van der Waals surface area (Å²) in [6.45, 7) is 8.00. The quantitative estimate of drug-likeness (QED) is 0.568. The lowest BCUT2D eigenvalue weighted by Gasteiger charge is -2.44. The van der Waals surface area contributed by atoms with Gasteiger partial charge >= 0.3 is 0 Å². The third kappa shape index (κ3) is 5.71. The molecule has 1 aliphatic rings. The highest BCUT2D eigenvalue weighted by Gasteiger charge is 2.30. The van der Waals surface area contributed by atoms with Crippen LogP contribution in [0, 0.1) is 5.92 Å². The van der Waals surface area contributed by atoms with Crippen molar-refractivity contribution >= 4 is 0 Å². The van der Waals surface area contributed by atoms with Crippen molar-refractivity contribution in [3.8, 4) is 0 Å². The fourth-order valence-electron chi connectivity index (χ4n) is 3.00. The van der Waals surface area contributed by atoms with Gasteiger partial charge in [0.25, 0.3) is 0 Å². The molecule has 0 saturated carbocycles. The van der Waals surface area contributed by atoms with Crippen LogP contribution in [0.25, 0.3) is 0 Å². The van der Waals surface area contributed by atoms with Gasteiger partial charge in [0.15, 0.2) is 0 Å². The van der Waals surface area contributed by atoms with Crippen molar-refractivity contribution < 1.29 is 0 Å². The lowest BCUT2D eigenvalue weighted by molar-refractivity contribution is 0.0463. The predicted molar refractivity (Wildman–Crippen MR) is 80.8 cm³/mol. The van der Waals surface area contributed by atoms with Crippen LogP contribution in [0.5, 0.6) is 0 Å². The molecule has 0 aromatic rings. The van der Waals surface area contributed by atoms with Crippen LogP contribution in [-0.2, 0) is 0 Å². The standard InChI is InChI=1S/C16H34N2/c1-3-5-7-9-11-16(10-8-6-4-2)18-13-15(12-17)14-18/h15-16H,3-14,17H2,1-2H3. The molecule has 1 saturated heterocycles. The van der Waals surface area contributed by atoms with Crippen LogP contribution in [0.3, 0.4) is 0 Å². The summed E-state index contributed by atoms with van der Waals surface area (Å²) in [5.74, 6) is 0.786. The van der Waals surface area contributed by atoms with Crippen LogP contribution in [-0.4, -0.2) is 30.6 Å². The van der Waals surface area contributed by atoms with Crippen LogP contribution in [0.4, 0.5) is 0 Å². The zero-order valence-electron chi connectivity index (χ0n) is 12.7. The van der Waals surface area contributed by atoms with Gasteiger partial charge in [-0.05, 0) is 25.3 Å². The number of nitrogens with two attached hydrogens (primary N) is 1. The molecule has 1 atom stereocenters. The molecule has 1 fully saturated rings. The molecule has 0 aromatic heterocycles. The first-order valence-corrected chi connectivity index (χ1v) is 8.25. The van der Waals surface area contributed by atoms with Crippen molar-refractivity contribution in [3.05, 3.63) is 0 Å². The van der Waals surface area contributed by atoms with Crippen molar-refractivity contribution in [2.45, 2.75) is 77.7 Å². The van der Waals surface area contributed by atoms with E-state index < -0.39 is 0 Å². The molecule has 2 N–H and O–H groups in total. The highest BCUT2D eigenvalue weighted by molar-refractivity contribution is 4.85. The molecule has 0 amide bonds. The van der Waals surface area contributed by atoms with Gasteiger partial charge in [0.05, 0.1) is 0 Å². The summed E-state index contributed by atoms with van der Waals surface area (Å²) >= 11 is 0. The van der Waals surface area contributed by atoms with Crippen molar-refractivity contribution in [2.75, 3.05) is 19.6 Å². The van der Waals surface area contributed by atoms with Gasteiger partial charge in [0.2, 0.25) is 0 Å². The summed E-state index contributed by atoms with van der Waals surface area (Å²) in [5, 5.41) is 0. The predicted octanol–water partition coefficient (Wildman–Crippen LogP) is 3.80. The van der Waals surface area contributed by atoms with E-state index >= 15 is 0 Å². The van der Waals surface area contributed by atoms with Gasteiger partial charge in [0, 0.05) is 19.1 Å². The van der Waals surface area contributed by atoms with Gasteiger partial charge in [-0.25, -0.2) is 0 Å². The van der Waals surface area contributed by atoms with Gasteiger partial charge < -0.3 is 5.73 Å². The van der Waals surface area contributed by atoms with Gasteiger partial charge in [-0.2, -0.15) is 0 Å². The highest BCUT2D eigenvalue weighted by Crippen LogP contribution is 2.24. The van der Waals surface area contributed by atoms with Crippen LogP contribution in [0.15, 0.2) is 0 Å². The number of unbranched alkanes of at least 4 members (excludes halogenated alkanes) is 5. The van der Waals surface area contributed by atoms with E-state index in [-0.39, 0.29) is 0 Å².